The van der Waals surface area contributed by atoms with Gasteiger partial charge in [0.05, 0.1) is 28.7 Å². The number of nitrogens with zero attached hydrogens (tertiary/aromatic N) is 2. The molecule has 1 aromatic heterocycles. The van der Waals surface area contributed by atoms with E-state index >= 15 is 0 Å². The summed E-state index contributed by atoms with van der Waals surface area (Å²) in [5, 5.41) is 6.70. The maximum atomic E-state index is 13.6. The van der Waals surface area contributed by atoms with Crippen molar-refractivity contribution in [3.63, 3.8) is 0 Å². The molecule has 0 fully saturated rings. The summed E-state index contributed by atoms with van der Waals surface area (Å²) < 4.78 is 33.4. The Morgan fingerprint density at radius 1 is 1.24 bits per heavy atom. The van der Waals surface area contributed by atoms with E-state index < -0.39 is 17.5 Å². The molecular weight excluding hydrogens is 352 g/mol. The summed E-state index contributed by atoms with van der Waals surface area (Å²) >= 11 is 5.87. The SMILES string of the molecule is O=C(Nc1cnn(COc2ccc(F)cc2Cl)c1)c1ccccc1F. The Kier molecular flexibility index (Phi) is 4.95. The highest BCUT2D eigenvalue weighted by molar-refractivity contribution is 6.32. The molecule has 1 heterocycles. The molecule has 0 atom stereocenters. The fraction of sp³-hybridized carbons (Fsp3) is 0.0588. The molecule has 2 aromatic carbocycles. The number of rotatable bonds is 5. The molecule has 1 amide bonds. The van der Waals surface area contributed by atoms with E-state index in [0.29, 0.717) is 11.4 Å². The van der Waals surface area contributed by atoms with Gasteiger partial charge in [-0.1, -0.05) is 23.7 Å². The van der Waals surface area contributed by atoms with Gasteiger partial charge in [-0.25, -0.2) is 13.5 Å². The first-order valence-electron chi connectivity index (χ1n) is 7.19. The molecule has 0 saturated carbocycles. The number of carbonyl (C=O) groups excluding carboxylic acids is 1. The molecule has 3 aromatic rings. The van der Waals surface area contributed by atoms with Gasteiger partial charge in [-0.15, -0.1) is 0 Å². The summed E-state index contributed by atoms with van der Waals surface area (Å²) in [7, 11) is 0. The molecule has 0 aliphatic heterocycles. The van der Waals surface area contributed by atoms with Crippen molar-refractivity contribution in [3.05, 3.63) is 77.1 Å². The van der Waals surface area contributed by atoms with Crippen molar-refractivity contribution in [2.24, 2.45) is 0 Å². The van der Waals surface area contributed by atoms with Gasteiger partial charge in [-0.2, -0.15) is 5.10 Å². The van der Waals surface area contributed by atoms with Crippen LogP contribution in [-0.4, -0.2) is 15.7 Å². The van der Waals surface area contributed by atoms with Crippen molar-refractivity contribution >= 4 is 23.2 Å². The van der Waals surface area contributed by atoms with Crippen LogP contribution in [0.15, 0.2) is 54.9 Å². The number of hydrogen-bond acceptors (Lipinski definition) is 3. The Labute approximate surface area is 146 Å². The van der Waals surface area contributed by atoms with Gasteiger partial charge in [-0.05, 0) is 30.3 Å². The molecule has 0 unspecified atom stereocenters. The summed E-state index contributed by atoms with van der Waals surface area (Å²) in [6.07, 6.45) is 2.91. The van der Waals surface area contributed by atoms with Gasteiger partial charge in [0.1, 0.15) is 17.4 Å². The molecule has 0 spiro atoms. The third-order valence-corrected chi connectivity index (χ3v) is 3.55. The van der Waals surface area contributed by atoms with E-state index in [1.807, 2.05) is 0 Å². The number of anilines is 1. The summed E-state index contributed by atoms with van der Waals surface area (Å²) in [6, 6.07) is 9.43. The van der Waals surface area contributed by atoms with Gasteiger partial charge in [0, 0.05) is 0 Å². The fourth-order valence-corrected chi connectivity index (χ4v) is 2.29. The number of carbonyl (C=O) groups is 1. The summed E-state index contributed by atoms with van der Waals surface area (Å²) in [5.41, 5.74) is 0.312. The van der Waals surface area contributed by atoms with Gasteiger partial charge >= 0.3 is 0 Å². The van der Waals surface area contributed by atoms with E-state index in [-0.39, 0.29) is 17.3 Å². The number of halogens is 3. The molecule has 8 heteroatoms. The minimum atomic E-state index is -0.610. The molecular formula is C17H12ClF2N3O2. The molecule has 0 aliphatic carbocycles. The van der Waals surface area contributed by atoms with Crippen LogP contribution in [0.1, 0.15) is 10.4 Å². The number of hydrogen-bond donors (Lipinski definition) is 1. The number of aromatic nitrogens is 2. The van der Waals surface area contributed by atoms with Crippen LogP contribution in [0.2, 0.25) is 5.02 Å². The topological polar surface area (TPSA) is 56.2 Å². The van der Waals surface area contributed by atoms with Gasteiger partial charge < -0.3 is 10.1 Å². The Balaban J connectivity index is 1.62. The lowest BCUT2D eigenvalue weighted by molar-refractivity contribution is 0.102. The van der Waals surface area contributed by atoms with Crippen LogP contribution in [0, 0.1) is 11.6 Å². The Hall–Kier alpha value is -2.93. The van der Waals surface area contributed by atoms with Crippen LogP contribution >= 0.6 is 11.6 Å². The second-order valence-corrected chi connectivity index (χ2v) is 5.46. The minimum absolute atomic E-state index is 0.000914. The van der Waals surface area contributed by atoms with Crippen molar-refractivity contribution in [1.82, 2.24) is 9.78 Å². The summed E-state index contributed by atoms with van der Waals surface area (Å²) in [6.45, 7) is 0.000914. The highest BCUT2D eigenvalue weighted by Gasteiger charge is 2.12. The average Bonchev–Trinajstić information content (AvgIpc) is 3.02. The van der Waals surface area contributed by atoms with Crippen LogP contribution in [0.3, 0.4) is 0 Å². The van der Waals surface area contributed by atoms with E-state index in [9.17, 15) is 13.6 Å². The van der Waals surface area contributed by atoms with Crippen molar-refractivity contribution in [3.8, 4) is 5.75 Å². The third kappa shape index (κ3) is 4.13. The summed E-state index contributed by atoms with van der Waals surface area (Å²) in [4.78, 5) is 12.0. The normalized spacial score (nSPS) is 10.5. The predicted octanol–water partition coefficient (Wildman–Crippen LogP) is 4.10. The third-order valence-electron chi connectivity index (χ3n) is 3.26. The second-order valence-electron chi connectivity index (χ2n) is 5.05. The highest BCUT2D eigenvalue weighted by Crippen LogP contribution is 2.25. The zero-order valence-corrected chi connectivity index (χ0v) is 13.5. The smallest absolute Gasteiger partial charge is 0.258 e. The van der Waals surface area contributed by atoms with Crippen LogP contribution in [0.4, 0.5) is 14.5 Å². The first-order valence-corrected chi connectivity index (χ1v) is 7.57. The lowest BCUT2D eigenvalue weighted by Crippen LogP contribution is -2.13. The van der Waals surface area contributed by atoms with Crippen molar-refractivity contribution in [2.75, 3.05) is 5.32 Å². The Morgan fingerprint density at radius 2 is 2.04 bits per heavy atom. The van der Waals surface area contributed by atoms with Crippen LogP contribution in [0.25, 0.3) is 0 Å². The molecule has 0 bridgehead atoms. The Bertz CT molecular complexity index is 914. The molecule has 0 radical (unpaired) electrons. The zero-order chi connectivity index (χ0) is 17.8. The number of nitrogens with one attached hydrogen (secondary N) is 1. The van der Waals surface area contributed by atoms with Crippen LogP contribution in [-0.2, 0) is 6.73 Å². The minimum Gasteiger partial charge on any atom is -0.470 e. The van der Waals surface area contributed by atoms with E-state index in [1.165, 1.54) is 47.4 Å². The van der Waals surface area contributed by atoms with Crippen molar-refractivity contribution < 1.29 is 18.3 Å². The molecule has 128 valence electrons. The average molecular weight is 364 g/mol. The largest absolute Gasteiger partial charge is 0.470 e. The van der Waals surface area contributed by atoms with Crippen LogP contribution in [0.5, 0.6) is 5.75 Å². The summed E-state index contributed by atoms with van der Waals surface area (Å²) in [5.74, 6) is -1.35. The van der Waals surface area contributed by atoms with Crippen molar-refractivity contribution in [2.45, 2.75) is 6.73 Å². The van der Waals surface area contributed by atoms with Gasteiger partial charge in [0.15, 0.2) is 6.73 Å². The van der Waals surface area contributed by atoms with Gasteiger partial charge in [0.2, 0.25) is 0 Å². The molecule has 0 aliphatic rings. The second kappa shape index (κ2) is 7.31. The Morgan fingerprint density at radius 3 is 2.80 bits per heavy atom. The van der Waals surface area contributed by atoms with E-state index in [1.54, 1.807) is 6.07 Å². The number of ether oxygens (including phenoxy) is 1. The molecule has 1 N–H and O–H groups in total. The maximum Gasteiger partial charge on any atom is 0.258 e. The lowest BCUT2D eigenvalue weighted by atomic mass is 10.2. The van der Waals surface area contributed by atoms with Crippen molar-refractivity contribution in [1.29, 1.82) is 0 Å². The standard InChI is InChI=1S/C17H12ClF2N3O2/c18-14-7-11(19)5-6-16(14)25-10-23-9-12(8-21-23)22-17(24)13-3-1-2-4-15(13)20/h1-9H,10H2,(H,22,24). The molecule has 3 rings (SSSR count). The lowest BCUT2D eigenvalue weighted by Gasteiger charge is -2.07. The molecule has 0 saturated heterocycles. The number of benzene rings is 2. The highest BCUT2D eigenvalue weighted by atomic mass is 35.5. The predicted molar refractivity (Wildman–Crippen MR) is 88.6 cm³/mol. The molecule has 25 heavy (non-hydrogen) atoms. The zero-order valence-electron chi connectivity index (χ0n) is 12.7. The monoisotopic (exact) mass is 363 g/mol. The van der Waals surface area contributed by atoms with E-state index in [4.69, 9.17) is 16.3 Å². The first-order chi connectivity index (χ1) is 12.0. The quantitative estimate of drug-likeness (QED) is 0.742. The number of amides is 1. The van der Waals surface area contributed by atoms with Gasteiger partial charge in [0.25, 0.3) is 5.91 Å². The fourth-order valence-electron chi connectivity index (χ4n) is 2.07. The molecule has 5 nitrogen and oxygen atoms in total. The first kappa shape index (κ1) is 16.9. The van der Waals surface area contributed by atoms with Crippen LogP contribution < -0.4 is 10.1 Å². The maximum absolute atomic E-state index is 13.6. The van der Waals surface area contributed by atoms with E-state index in [2.05, 4.69) is 10.4 Å². The van der Waals surface area contributed by atoms with Gasteiger partial charge in [-0.3, -0.25) is 4.79 Å². The van der Waals surface area contributed by atoms with E-state index in [0.717, 1.165) is 6.07 Å².